The summed E-state index contributed by atoms with van der Waals surface area (Å²) in [6.07, 6.45) is 0. The average molecular weight is 318 g/mol. The van der Waals surface area contributed by atoms with Gasteiger partial charge in [-0.3, -0.25) is 4.79 Å². The van der Waals surface area contributed by atoms with E-state index >= 15 is 0 Å². The minimum absolute atomic E-state index is 0.0888. The van der Waals surface area contributed by atoms with E-state index in [0.717, 1.165) is 4.90 Å². The van der Waals surface area contributed by atoms with Crippen molar-refractivity contribution in [1.82, 2.24) is 0 Å². The van der Waals surface area contributed by atoms with Crippen LogP contribution < -0.4 is 20.5 Å². The normalized spacial score (nSPS) is 10.1. The molecule has 22 heavy (non-hydrogen) atoms. The third-order valence-corrected chi connectivity index (χ3v) is 3.93. The monoisotopic (exact) mass is 318 g/mol. The molecule has 2 rings (SSSR count). The second kappa shape index (κ2) is 7.61. The molecule has 6 heteroatoms. The number of nitrogens with two attached hydrogens (primary N) is 1. The highest BCUT2D eigenvalue weighted by Gasteiger charge is 2.08. The molecule has 116 valence electrons. The molecular formula is C16H18N2O3S. The van der Waals surface area contributed by atoms with E-state index in [-0.39, 0.29) is 5.91 Å². The van der Waals surface area contributed by atoms with Crippen molar-refractivity contribution in [1.29, 1.82) is 0 Å². The zero-order valence-corrected chi connectivity index (χ0v) is 13.3. The summed E-state index contributed by atoms with van der Waals surface area (Å²) in [5, 5.41) is 2.83. The molecule has 0 aliphatic rings. The van der Waals surface area contributed by atoms with E-state index in [2.05, 4.69) is 5.32 Å². The first-order valence-corrected chi connectivity index (χ1v) is 7.61. The SMILES string of the molecule is COc1ccc(NC(=O)CSc2ccc(N)cc2)cc1OC. The van der Waals surface area contributed by atoms with Crippen molar-refractivity contribution >= 4 is 29.0 Å². The van der Waals surface area contributed by atoms with Crippen LogP contribution in [0.15, 0.2) is 47.4 Å². The molecule has 0 heterocycles. The van der Waals surface area contributed by atoms with Gasteiger partial charge < -0.3 is 20.5 Å². The van der Waals surface area contributed by atoms with E-state index in [0.29, 0.717) is 28.6 Å². The van der Waals surface area contributed by atoms with Crippen molar-refractivity contribution in [3.63, 3.8) is 0 Å². The molecule has 0 bridgehead atoms. The van der Waals surface area contributed by atoms with Gasteiger partial charge in [-0.15, -0.1) is 11.8 Å². The number of anilines is 2. The molecule has 0 spiro atoms. The number of amides is 1. The molecule has 2 aromatic rings. The number of benzene rings is 2. The van der Waals surface area contributed by atoms with E-state index in [9.17, 15) is 4.79 Å². The van der Waals surface area contributed by atoms with Crippen LogP contribution in [0, 0.1) is 0 Å². The summed E-state index contributed by atoms with van der Waals surface area (Å²) in [5.41, 5.74) is 7.00. The van der Waals surface area contributed by atoms with Gasteiger partial charge in [0.1, 0.15) is 0 Å². The van der Waals surface area contributed by atoms with Crippen LogP contribution in [0.4, 0.5) is 11.4 Å². The minimum Gasteiger partial charge on any atom is -0.493 e. The maximum Gasteiger partial charge on any atom is 0.234 e. The summed E-state index contributed by atoms with van der Waals surface area (Å²) in [7, 11) is 3.12. The zero-order chi connectivity index (χ0) is 15.9. The molecule has 0 aliphatic heterocycles. The van der Waals surface area contributed by atoms with E-state index < -0.39 is 0 Å². The molecule has 0 saturated carbocycles. The lowest BCUT2D eigenvalue weighted by Crippen LogP contribution is -2.14. The number of nitrogens with one attached hydrogen (secondary N) is 1. The van der Waals surface area contributed by atoms with E-state index in [1.54, 1.807) is 32.4 Å². The van der Waals surface area contributed by atoms with E-state index in [4.69, 9.17) is 15.2 Å². The second-order valence-electron chi connectivity index (χ2n) is 4.48. The fourth-order valence-corrected chi connectivity index (χ4v) is 2.52. The van der Waals surface area contributed by atoms with Gasteiger partial charge in [0.2, 0.25) is 5.91 Å². The summed E-state index contributed by atoms with van der Waals surface area (Å²) in [6, 6.07) is 12.7. The van der Waals surface area contributed by atoms with Gasteiger partial charge in [0.15, 0.2) is 11.5 Å². The topological polar surface area (TPSA) is 73.6 Å². The van der Waals surface area contributed by atoms with Gasteiger partial charge in [-0.05, 0) is 36.4 Å². The highest BCUT2D eigenvalue weighted by Crippen LogP contribution is 2.29. The standard InChI is InChI=1S/C16H18N2O3S/c1-20-14-8-5-12(9-15(14)21-2)18-16(19)10-22-13-6-3-11(17)4-7-13/h3-9H,10,17H2,1-2H3,(H,18,19). The van der Waals surface area contributed by atoms with Crippen LogP contribution in [-0.2, 0) is 4.79 Å². The molecule has 0 unspecified atom stereocenters. The van der Waals surface area contributed by atoms with Crippen molar-refractivity contribution in [2.75, 3.05) is 31.0 Å². The van der Waals surface area contributed by atoms with Crippen molar-refractivity contribution in [2.45, 2.75) is 4.90 Å². The predicted molar refractivity (Wildman–Crippen MR) is 89.8 cm³/mol. The van der Waals surface area contributed by atoms with Gasteiger partial charge in [0.25, 0.3) is 0 Å². The third kappa shape index (κ3) is 4.33. The zero-order valence-electron chi connectivity index (χ0n) is 12.5. The minimum atomic E-state index is -0.0888. The van der Waals surface area contributed by atoms with Crippen LogP contribution in [0.2, 0.25) is 0 Å². The first kappa shape index (κ1) is 16.0. The van der Waals surface area contributed by atoms with E-state index in [1.807, 2.05) is 24.3 Å². The van der Waals surface area contributed by atoms with Crippen molar-refractivity contribution in [2.24, 2.45) is 0 Å². The van der Waals surface area contributed by atoms with Crippen LogP contribution >= 0.6 is 11.8 Å². The number of thioether (sulfide) groups is 1. The Labute approximate surface area is 133 Å². The molecule has 1 amide bonds. The number of rotatable bonds is 6. The highest BCUT2D eigenvalue weighted by molar-refractivity contribution is 8.00. The molecule has 2 aromatic carbocycles. The Bertz CT molecular complexity index is 644. The molecular weight excluding hydrogens is 300 g/mol. The van der Waals surface area contributed by atoms with Gasteiger partial charge in [0.05, 0.1) is 20.0 Å². The lowest BCUT2D eigenvalue weighted by Gasteiger charge is -2.10. The molecule has 0 aromatic heterocycles. The summed E-state index contributed by atoms with van der Waals surface area (Å²) in [5.74, 6) is 1.43. The number of carbonyl (C=O) groups is 1. The number of ether oxygens (including phenoxy) is 2. The highest BCUT2D eigenvalue weighted by atomic mass is 32.2. The molecule has 0 radical (unpaired) electrons. The number of hydrogen-bond donors (Lipinski definition) is 2. The average Bonchev–Trinajstić information content (AvgIpc) is 2.54. The lowest BCUT2D eigenvalue weighted by molar-refractivity contribution is -0.113. The van der Waals surface area contributed by atoms with Crippen molar-refractivity contribution in [3.05, 3.63) is 42.5 Å². The quantitative estimate of drug-likeness (QED) is 0.632. The van der Waals surface area contributed by atoms with Crippen molar-refractivity contribution in [3.8, 4) is 11.5 Å². The number of nitrogen functional groups attached to an aromatic ring is 1. The Morgan fingerprint density at radius 1 is 1.09 bits per heavy atom. The Kier molecular flexibility index (Phi) is 5.55. The van der Waals surface area contributed by atoms with Crippen LogP contribution in [0.25, 0.3) is 0 Å². The lowest BCUT2D eigenvalue weighted by atomic mass is 10.2. The summed E-state index contributed by atoms with van der Waals surface area (Å²) in [4.78, 5) is 13.0. The Hall–Kier alpha value is -2.34. The first-order valence-electron chi connectivity index (χ1n) is 6.62. The maximum atomic E-state index is 12.0. The number of carbonyl (C=O) groups excluding carboxylic acids is 1. The van der Waals surface area contributed by atoms with Gasteiger partial charge in [-0.25, -0.2) is 0 Å². The fraction of sp³-hybridized carbons (Fsp3) is 0.188. The van der Waals surface area contributed by atoms with Crippen molar-refractivity contribution < 1.29 is 14.3 Å². The summed E-state index contributed by atoms with van der Waals surface area (Å²) in [6.45, 7) is 0. The molecule has 0 atom stereocenters. The smallest absolute Gasteiger partial charge is 0.234 e. The number of methoxy groups -OCH3 is 2. The molecule has 0 aliphatic carbocycles. The molecule has 0 saturated heterocycles. The first-order chi connectivity index (χ1) is 10.6. The molecule has 5 nitrogen and oxygen atoms in total. The maximum absolute atomic E-state index is 12.0. The summed E-state index contributed by atoms with van der Waals surface area (Å²) < 4.78 is 10.4. The van der Waals surface area contributed by atoms with Gasteiger partial charge in [-0.1, -0.05) is 0 Å². The second-order valence-corrected chi connectivity index (χ2v) is 5.52. The Balaban J connectivity index is 1.93. The van der Waals surface area contributed by atoms with E-state index in [1.165, 1.54) is 11.8 Å². The van der Waals surface area contributed by atoms with Crippen LogP contribution in [0.3, 0.4) is 0 Å². The Morgan fingerprint density at radius 3 is 2.41 bits per heavy atom. The van der Waals surface area contributed by atoms with Crippen LogP contribution in [0.1, 0.15) is 0 Å². The third-order valence-electron chi connectivity index (χ3n) is 2.92. The summed E-state index contributed by atoms with van der Waals surface area (Å²) >= 11 is 1.45. The van der Waals surface area contributed by atoms with Gasteiger partial charge in [0, 0.05) is 22.3 Å². The fourth-order valence-electron chi connectivity index (χ4n) is 1.82. The van der Waals surface area contributed by atoms with Gasteiger partial charge in [-0.2, -0.15) is 0 Å². The molecule has 3 N–H and O–H groups in total. The Morgan fingerprint density at radius 2 is 1.77 bits per heavy atom. The molecule has 0 fully saturated rings. The predicted octanol–water partition coefficient (Wildman–Crippen LogP) is 3.02. The largest absolute Gasteiger partial charge is 0.493 e. The van der Waals surface area contributed by atoms with Gasteiger partial charge >= 0.3 is 0 Å². The van der Waals surface area contributed by atoms with Crippen LogP contribution in [0.5, 0.6) is 11.5 Å². The number of hydrogen-bond acceptors (Lipinski definition) is 5. The van der Waals surface area contributed by atoms with Crippen LogP contribution in [-0.4, -0.2) is 25.9 Å².